The second-order valence-corrected chi connectivity index (χ2v) is 5.34. The molecule has 0 aliphatic heterocycles. The number of methoxy groups -OCH3 is 2. The number of nitrogens with zero attached hydrogens (tertiary/aromatic N) is 5. The van der Waals surface area contributed by atoms with Crippen molar-refractivity contribution in [3.63, 3.8) is 0 Å². The minimum absolute atomic E-state index is 0.0494. The summed E-state index contributed by atoms with van der Waals surface area (Å²) < 4.78 is 53.0. The van der Waals surface area contributed by atoms with Crippen LogP contribution in [0.5, 0.6) is 11.8 Å². The van der Waals surface area contributed by atoms with Crippen molar-refractivity contribution < 1.29 is 22.6 Å². The van der Waals surface area contributed by atoms with E-state index in [2.05, 4.69) is 24.8 Å². The van der Waals surface area contributed by atoms with Gasteiger partial charge in [0.15, 0.2) is 5.75 Å². The Hall–Kier alpha value is -2.76. The van der Waals surface area contributed by atoms with Gasteiger partial charge in [0, 0.05) is 18.1 Å². The van der Waals surface area contributed by atoms with Gasteiger partial charge in [-0.1, -0.05) is 0 Å². The van der Waals surface area contributed by atoms with Gasteiger partial charge in [0.25, 0.3) is 5.95 Å². The molecule has 0 aliphatic rings. The highest BCUT2D eigenvalue weighted by Gasteiger charge is 2.34. The molecule has 3 aromatic rings. The third-order valence-electron chi connectivity index (χ3n) is 3.02. The van der Waals surface area contributed by atoms with Crippen LogP contribution in [0.2, 0.25) is 0 Å². The van der Waals surface area contributed by atoms with Crippen molar-refractivity contribution in [1.82, 2.24) is 24.6 Å². The Morgan fingerprint density at radius 3 is 2.68 bits per heavy atom. The van der Waals surface area contributed by atoms with Crippen LogP contribution in [-0.4, -0.2) is 38.8 Å². The Morgan fingerprint density at radius 1 is 1.20 bits per heavy atom. The van der Waals surface area contributed by atoms with Gasteiger partial charge in [-0.25, -0.2) is 4.98 Å². The van der Waals surface area contributed by atoms with Crippen molar-refractivity contribution >= 4 is 23.5 Å². The molecule has 0 atom stereocenters. The normalized spacial score (nSPS) is 11.6. The predicted molar refractivity (Wildman–Crippen MR) is 82.6 cm³/mol. The molecule has 3 rings (SSSR count). The van der Waals surface area contributed by atoms with Gasteiger partial charge >= 0.3 is 12.2 Å². The van der Waals surface area contributed by atoms with Crippen LogP contribution in [0, 0.1) is 0 Å². The summed E-state index contributed by atoms with van der Waals surface area (Å²) in [5.74, 6) is 0.383. The van der Waals surface area contributed by atoms with E-state index < -0.39 is 11.7 Å². The molecule has 0 amide bonds. The minimum Gasteiger partial charge on any atom is -0.491 e. The largest absolute Gasteiger partial charge is 0.491 e. The summed E-state index contributed by atoms with van der Waals surface area (Å²) in [5.41, 5.74) is -0.553. The number of nitrogens with one attached hydrogen (secondary N) is 1. The van der Waals surface area contributed by atoms with E-state index in [-0.39, 0.29) is 17.0 Å². The van der Waals surface area contributed by atoms with Gasteiger partial charge in [0.1, 0.15) is 5.03 Å². The van der Waals surface area contributed by atoms with Gasteiger partial charge in [0.05, 0.1) is 26.0 Å². The first-order valence-corrected chi connectivity index (χ1v) is 7.54. The highest BCUT2D eigenvalue weighted by Crippen LogP contribution is 2.35. The van der Waals surface area contributed by atoms with Crippen molar-refractivity contribution in [2.75, 3.05) is 18.9 Å². The Morgan fingerprint density at radius 2 is 2.00 bits per heavy atom. The maximum absolute atomic E-state index is 13.0. The topological polar surface area (TPSA) is 86.5 Å². The summed E-state index contributed by atoms with van der Waals surface area (Å²) in [5, 5.41) is 3.85. The van der Waals surface area contributed by atoms with Crippen LogP contribution < -0.4 is 14.2 Å². The first-order chi connectivity index (χ1) is 11.9. The fourth-order valence-electron chi connectivity index (χ4n) is 1.94. The fraction of sp³-hybridized carbons (Fsp3) is 0.231. The summed E-state index contributed by atoms with van der Waals surface area (Å²) >= 11 is 0.648. The number of ether oxygens (including phenoxy) is 2. The molecule has 132 valence electrons. The number of fused-ring (bicyclic) bond motifs is 1. The molecule has 0 aromatic carbocycles. The number of rotatable bonds is 5. The van der Waals surface area contributed by atoms with Gasteiger partial charge in [-0.05, 0) is 12.1 Å². The number of hydrogen-bond acceptors (Lipinski definition) is 8. The van der Waals surface area contributed by atoms with Crippen molar-refractivity contribution in [2.24, 2.45) is 0 Å². The Balaban J connectivity index is 1.90. The quantitative estimate of drug-likeness (QED) is 0.684. The van der Waals surface area contributed by atoms with Crippen molar-refractivity contribution in [1.29, 1.82) is 0 Å². The number of aromatic nitrogens is 5. The lowest BCUT2D eigenvalue weighted by Crippen LogP contribution is -2.08. The SMILES string of the molecule is COc1cnc(OC)n2nc(NSc3ncccc3C(F)(F)F)nc12. The molecule has 0 radical (unpaired) electrons. The average Bonchev–Trinajstić information content (AvgIpc) is 3.02. The van der Waals surface area contributed by atoms with E-state index in [0.717, 1.165) is 6.07 Å². The number of pyridine rings is 1. The maximum atomic E-state index is 13.0. The van der Waals surface area contributed by atoms with Gasteiger partial charge in [-0.2, -0.15) is 27.7 Å². The van der Waals surface area contributed by atoms with Crippen LogP contribution >= 0.6 is 11.9 Å². The van der Waals surface area contributed by atoms with E-state index in [1.54, 1.807) is 0 Å². The van der Waals surface area contributed by atoms with Crippen LogP contribution in [0.1, 0.15) is 5.56 Å². The van der Waals surface area contributed by atoms with Crippen molar-refractivity contribution in [3.05, 3.63) is 30.1 Å². The zero-order chi connectivity index (χ0) is 18.0. The van der Waals surface area contributed by atoms with E-state index in [0.29, 0.717) is 23.3 Å². The molecule has 0 fully saturated rings. The lowest BCUT2D eigenvalue weighted by Gasteiger charge is -2.10. The first kappa shape index (κ1) is 17.1. The van der Waals surface area contributed by atoms with Crippen LogP contribution in [0.3, 0.4) is 0 Å². The number of alkyl halides is 3. The standard InChI is InChI=1S/C13H11F3N6O2S/c1-23-8-6-18-12(24-2)22-9(8)19-11(20-22)21-25-10-7(13(14,15)16)4-3-5-17-10/h3-6H,1-2H3,(H,20,21). The predicted octanol–water partition coefficient (Wildman–Crippen LogP) is 2.67. The van der Waals surface area contributed by atoms with E-state index in [4.69, 9.17) is 9.47 Å². The summed E-state index contributed by atoms with van der Waals surface area (Å²) in [7, 11) is 2.84. The van der Waals surface area contributed by atoms with Crippen LogP contribution in [0.15, 0.2) is 29.6 Å². The Kier molecular flexibility index (Phi) is 4.53. The number of anilines is 1. The molecule has 0 aliphatic carbocycles. The zero-order valence-corrected chi connectivity index (χ0v) is 13.7. The molecule has 0 spiro atoms. The van der Waals surface area contributed by atoms with E-state index in [1.807, 2.05) is 0 Å². The van der Waals surface area contributed by atoms with Gasteiger partial charge < -0.3 is 9.47 Å². The summed E-state index contributed by atoms with van der Waals surface area (Å²) in [4.78, 5) is 11.9. The van der Waals surface area contributed by atoms with E-state index >= 15 is 0 Å². The molecule has 0 bridgehead atoms. The van der Waals surface area contributed by atoms with Gasteiger partial charge in [-0.3, -0.25) is 4.72 Å². The second kappa shape index (κ2) is 6.63. The number of halogens is 3. The molecular weight excluding hydrogens is 361 g/mol. The summed E-state index contributed by atoms with van der Waals surface area (Å²) in [6.45, 7) is 0. The summed E-state index contributed by atoms with van der Waals surface area (Å²) in [6, 6.07) is 2.32. The highest BCUT2D eigenvalue weighted by molar-refractivity contribution is 8.00. The van der Waals surface area contributed by atoms with Gasteiger partial charge in [-0.15, -0.1) is 5.10 Å². The lowest BCUT2D eigenvalue weighted by atomic mass is 10.3. The van der Waals surface area contributed by atoms with Gasteiger partial charge in [0.2, 0.25) is 5.65 Å². The monoisotopic (exact) mass is 372 g/mol. The Bertz CT molecular complexity index is 860. The molecule has 8 nitrogen and oxygen atoms in total. The van der Waals surface area contributed by atoms with E-state index in [1.165, 1.54) is 37.2 Å². The van der Waals surface area contributed by atoms with Crippen LogP contribution in [-0.2, 0) is 6.18 Å². The summed E-state index contributed by atoms with van der Waals surface area (Å²) in [6.07, 6.45) is -1.84. The molecule has 12 heteroatoms. The first-order valence-electron chi connectivity index (χ1n) is 6.73. The molecule has 3 aromatic heterocycles. The van der Waals surface area contributed by atoms with Crippen LogP contribution in [0.4, 0.5) is 19.1 Å². The molecule has 0 saturated carbocycles. The molecule has 3 heterocycles. The van der Waals surface area contributed by atoms with Crippen molar-refractivity contribution in [2.45, 2.75) is 11.2 Å². The molecule has 1 N–H and O–H groups in total. The smallest absolute Gasteiger partial charge is 0.419 e. The fourth-order valence-corrected chi connectivity index (χ4v) is 2.62. The minimum atomic E-state index is -4.51. The third-order valence-corrected chi connectivity index (χ3v) is 3.82. The van der Waals surface area contributed by atoms with Crippen LogP contribution in [0.25, 0.3) is 5.65 Å². The Labute approximate surface area is 143 Å². The molecule has 0 unspecified atom stereocenters. The maximum Gasteiger partial charge on any atom is 0.419 e. The molecule has 25 heavy (non-hydrogen) atoms. The average molecular weight is 372 g/mol. The molecule has 0 saturated heterocycles. The van der Waals surface area contributed by atoms with Crippen molar-refractivity contribution in [3.8, 4) is 11.8 Å². The molecular formula is C13H11F3N6O2S. The third kappa shape index (κ3) is 3.38. The highest BCUT2D eigenvalue weighted by atomic mass is 32.2. The second-order valence-electron chi connectivity index (χ2n) is 4.54. The number of hydrogen-bond donors (Lipinski definition) is 1. The lowest BCUT2D eigenvalue weighted by molar-refractivity contribution is -0.140. The zero-order valence-electron chi connectivity index (χ0n) is 12.9. The van der Waals surface area contributed by atoms with E-state index in [9.17, 15) is 13.2 Å².